The minimum Gasteiger partial charge on any atom is -0.480 e. The predicted molar refractivity (Wildman–Crippen MR) is 65.2 cm³/mol. The van der Waals surface area contributed by atoms with Gasteiger partial charge in [0.1, 0.15) is 11.7 Å². The maximum absolute atomic E-state index is 11.8. The fraction of sp³-hybridized carbons (Fsp3) is 0.545. The van der Waals surface area contributed by atoms with Crippen molar-refractivity contribution in [2.45, 2.75) is 33.2 Å². The van der Waals surface area contributed by atoms with Crippen molar-refractivity contribution in [2.24, 2.45) is 5.92 Å². The number of thiazole rings is 1. The van der Waals surface area contributed by atoms with Crippen LogP contribution in [0, 0.1) is 12.8 Å². The number of hydrogen-bond acceptors (Lipinski definition) is 4. The second kappa shape index (κ2) is 5.77. The minimum absolute atomic E-state index is 0.115. The summed E-state index contributed by atoms with van der Waals surface area (Å²) in [5, 5.41) is 14.0. The van der Waals surface area contributed by atoms with Crippen molar-refractivity contribution in [3.63, 3.8) is 0 Å². The molecule has 0 aromatic carbocycles. The molecule has 2 atom stereocenters. The maximum Gasteiger partial charge on any atom is 0.326 e. The molecule has 0 bridgehead atoms. The molecule has 5 nitrogen and oxygen atoms in total. The van der Waals surface area contributed by atoms with Crippen molar-refractivity contribution in [2.75, 3.05) is 0 Å². The van der Waals surface area contributed by atoms with Crippen molar-refractivity contribution in [1.29, 1.82) is 0 Å². The van der Waals surface area contributed by atoms with Crippen LogP contribution in [0.1, 0.15) is 35.8 Å². The van der Waals surface area contributed by atoms with Crippen LogP contribution in [0.25, 0.3) is 0 Å². The zero-order valence-electron chi connectivity index (χ0n) is 10.1. The molecule has 17 heavy (non-hydrogen) atoms. The number of carbonyl (C=O) groups excluding carboxylic acids is 1. The van der Waals surface area contributed by atoms with E-state index in [0.29, 0.717) is 6.42 Å². The van der Waals surface area contributed by atoms with Crippen LogP contribution < -0.4 is 5.32 Å². The molecular weight excluding hydrogens is 240 g/mol. The van der Waals surface area contributed by atoms with Gasteiger partial charge in [0, 0.05) is 5.38 Å². The fourth-order valence-corrected chi connectivity index (χ4v) is 1.96. The largest absolute Gasteiger partial charge is 0.480 e. The lowest BCUT2D eigenvalue weighted by Crippen LogP contribution is -2.45. The molecule has 2 unspecified atom stereocenters. The van der Waals surface area contributed by atoms with Gasteiger partial charge in [-0.2, -0.15) is 0 Å². The monoisotopic (exact) mass is 256 g/mol. The SMILES string of the molecule is CCC(C)C(NC(=O)c1csc(C)n1)C(=O)O. The zero-order chi connectivity index (χ0) is 13.0. The van der Waals surface area contributed by atoms with Gasteiger partial charge in [-0.15, -0.1) is 11.3 Å². The third-order valence-corrected chi connectivity index (χ3v) is 3.39. The third kappa shape index (κ3) is 3.52. The lowest BCUT2D eigenvalue weighted by Gasteiger charge is -2.19. The minimum atomic E-state index is -1.01. The van der Waals surface area contributed by atoms with Crippen LogP contribution in [0.3, 0.4) is 0 Å². The Morgan fingerprint density at radius 3 is 2.65 bits per heavy atom. The molecule has 0 radical (unpaired) electrons. The number of nitrogens with zero attached hydrogens (tertiary/aromatic N) is 1. The quantitative estimate of drug-likeness (QED) is 0.840. The number of aliphatic carboxylic acids is 1. The molecule has 0 spiro atoms. The van der Waals surface area contributed by atoms with Gasteiger partial charge in [0.05, 0.1) is 5.01 Å². The maximum atomic E-state index is 11.8. The van der Waals surface area contributed by atoms with E-state index in [2.05, 4.69) is 10.3 Å². The highest BCUT2D eigenvalue weighted by Crippen LogP contribution is 2.11. The molecule has 0 aliphatic rings. The number of carboxylic acid groups (broad SMARTS) is 1. The first kappa shape index (κ1) is 13.6. The Balaban J connectivity index is 2.74. The molecule has 0 aliphatic heterocycles. The molecule has 6 heteroatoms. The van der Waals surface area contributed by atoms with Gasteiger partial charge in [0.2, 0.25) is 0 Å². The number of carboxylic acids is 1. The number of aryl methyl sites for hydroxylation is 1. The number of aromatic nitrogens is 1. The fourth-order valence-electron chi connectivity index (χ4n) is 1.37. The van der Waals surface area contributed by atoms with Gasteiger partial charge in [-0.05, 0) is 12.8 Å². The molecule has 0 saturated carbocycles. The lowest BCUT2D eigenvalue weighted by molar-refractivity contribution is -0.140. The third-order valence-electron chi connectivity index (χ3n) is 2.62. The number of nitrogens with one attached hydrogen (secondary N) is 1. The zero-order valence-corrected chi connectivity index (χ0v) is 10.9. The van der Waals surface area contributed by atoms with E-state index >= 15 is 0 Å². The Morgan fingerprint density at radius 1 is 1.59 bits per heavy atom. The summed E-state index contributed by atoms with van der Waals surface area (Å²) in [7, 11) is 0. The Morgan fingerprint density at radius 2 is 2.24 bits per heavy atom. The summed E-state index contributed by atoms with van der Waals surface area (Å²) >= 11 is 1.36. The predicted octanol–water partition coefficient (Wildman–Crippen LogP) is 1.68. The molecule has 1 aromatic heterocycles. The number of rotatable bonds is 5. The molecule has 1 rings (SSSR count). The normalized spacial score (nSPS) is 14.1. The second-order valence-electron chi connectivity index (χ2n) is 3.93. The molecule has 0 aliphatic carbocycles. The van der Waals surface area contributed by atoms with Crippen LogP contribution in [0.4, 0.5) is 0 Å². The van der Waals surface area contributed by atoms with E-state index < -0.39 is 17.9 Å². The van der Waals surface area contributed by atoms with E-state index in [0.717, 1.165) is 5.01 Å². The summed E-state index contributed by atoms with van der Waals surface area (Å²) in [4.78, 5) is 26.8. The first-order valence-corrected chi connectivity index (χ1v) is 6.29. The molecule has 1 heterocycles. The van der Waals surface area contributed by atoms with Crippen LogP contribution in [0.5, 0.6) is 0 Å². The average molecular weight is 256 g/mol. The first-order chi connectivity index (χ1) is 7.95. The van der Waals surface area contributed by atoms with E-state index in [1.165, 1.54) is 11.3 Å². The average Bonchev–Trinajstić information content (AvgIpc) is 2.71. The smallest absolute Gasteiger partial charge is 0.326 e. The summed E-state index contributed by atoms with van der Waals surface area (Å²) in [5.41, 5.74) is 0.280. The van der Waals surface area contributed by atoms with Crippen LogP contribution in [0.15, 0.2) is 5.38 Å². The summed E-state index contributed by atoms with van der Waals surface area (Å²) in [6.07, 6.45) is 0.688. The van der Waals surface area contributed by atoms with E-state index in [-0.39, 0.29) is 11.6 Å². The summed E-state index contributed by atoms with van der Waals surface area (Å²) < 4.78 is 0. The Labute approximate surface area is 104 Å². The van der Waals surface area contributed by atoms with Gasteiger partial charge in [-0.1, -0.05) is 20.3 Å². The van der Waals surface area contributed by atoms with Crippen LogP contribution >= 0.6 is 11.3 Å². The van der Waals surface area contributed by atoms with Crippen LogP contribution in [-0.4, -0.2) is 28.0 Å². The van der Waals surface area contributed by atoms with Crippen molar-refractivity contribution < 1.29 is 14.7 Å². The number of hydrogen-bond donors (Lipinski definition) is 2. The highest BCUT2D eigenvalue weighted by Gasteiger charge is 2.26. The van der Waals surface area contributed by atoms with Gasteiger partial charge in [0.25, 0.3) is 5.91 Å². The van der Waals surface area contributed by atoms with Crippen LogP contribution in [0.2, 0.25) is 0 Å². The standard InChI is InChI=1S/C11H16N2O3S/c1-4-6(2)9(11(15)16)13-10(14)8-5-17-7(3)12-8/h5-6,9H,4H2,1-3H3,(H,13,14)(H,15,16). The van der Waals surface area contributed by atoms with Gasteiger partial charge < -0.3 is 10.4 Å². The molecule has 1 amide bonds. The molecule has 94 valence electrons. The van der Waals surface area contributed by atoms with Crippen molar-refractivity contribution >= 4 is 23.2 Å². The first-order valence-electron chi connectivity index (χ1n) is 5.41. The van der Waals surface area contributed by atoms with Crippen molar-refractivity contribution in [3.05, 3.63) is 16.1 Å². The second-order valence-corrected chi connectivity index (χ2v) is 4.99. The lowest BCUT2D eigenvalue weighted by atomic mass is 9.99. The Hall–Kier alpha value is -1.43. The van der Waals surface area contributed by atoms with Gasteiger partial charge >= 0.3 is 5.97 Å². The Kier molecular flexibility index (Phi) is 4.62. The van der Waals surface area contributed by atoms with E-state index in [1.54, 1.807) is 19.2 Å². The van der Waals surface area contributed by atoms with Gasteiger partial charge in [0.15, 0.2) is 0 Å². The van der Waals surface area contributed by atoms with Gasteiger partial charge in [-0.3, -0.25) is 4.79 Å². The molecule has 0 saturated heterocycles. The summed E-state index contributed by atoms with van der Waals surface area (Å²) in [5.74, 6) is -1.56. The van der Waals surface area contributed by atoms with Crippen LogP contribution in [-0.2, 0) is 4.79 Å². The molecular formula is C11H16N2O3S. The van der Waals surface area contributed by atoms with E-state index in [9.17, 15) is 9.59 Å². The van der Waals surface area contributed by atoms with Crippen molar-refractivity contribution in [1.82, 2.24) is 10.3 Å². The highest BCUT2D eigenvalue weighted by atomic mass is 32.1. The summed E-state index contributed by atoms with van der Waals surface area (Å²) in [6, 6.07) is -0.866. The van der Waals surface area contributed by atoms with Gasteiger partial charge in [-0.25, -0.2) is 9.78 Å². The Bertz CT molecular complexity index is 417. The summed E-state index contributed by atoms with van der Waals surface area (Å²) in [6.45, 7) is 5.48. The molecule has 0 fully saturated rings. The van der Waals surface area contributed by atoms with E-state index in [1.807, 2.05) is 6.92 Å². The topological polar surface area (TPSA) is 79.3 Å². The molecule has 2 N–H and O–H groups in total. The van der Waals surface area contributed by atoms with E-state index in [4.69, 9.17) is 5.11 Å². The molecule has 1 aromatic rings. The number of amides is 1. The number of carbonyl (C=O) groups is 2. The highest BCUT2D eigenvalue weighted by molar-refractivity contribution is 7.09. The van der Waals surface area contributed by atoms with Crippen molar-refractivity contribution in [3.8, 4) is 0 Å².